The number of ether oxygens (including phenoxy) is 1. The number of urea groups is 2. The Morgan fingerprint density at radius 2 is 1.76 bits per heavy atom. The van der Waals surface area contributed by atoms with E-state index in [1.807, 2.05) is 39.0 Å². The van der Waals surface area contributed by atoms with Gasteiger partial charge in [0, 0.05) is 23.6 Å². The second-order valence-electron chi connectivity index (χ2n) is 7.97. The van der Waals surface area contributed by atoms with Crippen molar-refractivity contribution < 1.29 is 19.1 Å². The normalized spacial score (nSPS) is 15.7. The summed E-state index contributed by atoms with van der Waals surface area (Å²) in [5.74, 6) is -0.492. The first-order valence-electron chi connectivity index (χ1n) is 10.9. The topological polar surface area (TPSA) is 99.8 Å². The van der Waals surface area contributed by atoms with Crippen molar-refractivity contribution in [2.75, 3.05) is 24.3 Å². The third-order valence-corrected chi connectivity index (χ3v) is 5.80. The SMILES string of the molecule is CCCN1C(=O)N[C@H](c2ccc(NC(=O)Nc3cccc(C)c3C)cc2)C(C(=O)OC)=C1C. The number of amides is 4. The summed E-state index contributed by atoms with van der Waals surface area (Å²) in [5, 5.41) is 8.56. The number of rotatable bonds is 6. The van der Waals surface area contributed by atoms with Crippen LogP contribution in [0.1, 0.15) is 43.0 Å². The van der Waals surface area contributed by atoms with Crippen molar-refractivity contribution in [2.24, 2.45) is 0 Å². The van der Waals surface area contributed by atoms with E-state index in [1.54, 1.807) is 36.1 Å². The molecule has 3 rings (SSSR count). The van der Waals surface area contributed by atoms with Crippen LogP contribution in [0, 0.1) is 13.8 Å². The zero-order valence-electron chi connectivity index (χ0n) is 19.6. The maximum Gasteiger partial charge on any atom is 0.337 e. The van der Waals surface area contributed by atoms with Crippen LogP contribution in [-0.2, 0) is 9.53 Å². The van der Waals surface area contributed by atoms with Crippen LogP contribution in [0.2, 0.25) is 0 Å². The van der Waals surface area contributed by atoms with E-state index in [4.69, 9.17) is 4.74 Å². The monoisotopic (exact) mass is 450 g/mol. The first-order chi connectivity index (χ1) is 15.8. The highest BCUT2D eigenvalue weighted by molar-refractivity contribution is 6.00. The fraction of sp³-hybridized carbons (Fsp3) is 0.320. The van der Waals surface area contributed by atoms with Gasteiger partial charge in [0.15, 0.2) is 0 Å². The van der Waals surface area contributed by atoms with Crippen LogP contribution in [-0.4, -0.2) is 36.6 Å². The molecule has 0 bridgehead atoms. The Morgan fingerprint density at radius 3 is 2.39 bits per heavy atom. The van der Waals surface area contributed by atoms with Crippen molar-refractivity contribution in [1.82, 2.24) is 10.2 Å². The summed E-state index contributed by atoms with van der Waals surface area (Å²) in [5.41, 5.74) is 5.09. The number of methoxy groups -OCH3 is 1. The van der Waals surface area contributed by atoms with Crippen molar-refractivity contribution in [3.05, 3.63) is 70.4 Å². The lowest BCUT2D eigenvalue weighted by molar-refractivity contribution is -0.136. The Balaban J connectivity index is 1.79. The third-order valence-electron chi connectivity index (χ3n) is 5.80. The van der Waals surface area contributed by atoms with E-state index < -0.39 is 12.0 Å². The number of esters is 1. The van der Waals surface area contributed by atoms with Gasteiger partial charge in [-0.3, -0.25) is 4.90 Å². The summed E-state index contributed by atoms with van der Waals surface area (Å²) in [6, 6.07) is 11.5. The largest absolute Gasteiger partial charge is 0.466 e. The van der Waals surface area contributed by atoms with Gasteiger partial charge in [0.25, 0.3) is 0 Å². The maximum absolute atomic E-state index is 12.6. The van der Waals surface area contributed by atoms with Gasteiger partial charge in [-0.15, -0.1) is 0 Å². The molecule has 33 heavy (non-hydrogen) atoms. The van der Waals surface area contributed by atoms with Gasteiger partial charge in [-0.2, -0.15) is 0 Å². The molecule has 0 saturated heterocycles. The molecular weight excluding hydrogens is 420 g/mol. The molecule has 1 aliphatic rings. The minimum atomic E-state index is -0.643. The summed E-state index contributed by atoms with van der Waals surface area (Å²) in [7, 11) is 1.32. The zero-order valence-corrected chi connectivity index (χ0v) is 19.6. The third kappa shape index (κ3) is 5.16. The number of hydrogen-bond acceptors (Lipinski definition) is 4. The van der Waals surface area contributed by atoms with Gasteiger partial charge in [-0.05, 0) is 62.1 Å². The second-order valence-corrected chi connectivity index (χ2v) is 7.97. The molecule has 0 spiro atoms. The van der Waals surface area contributed by atoms with E-state index in [1.165, 1.54) is 7.11 Å². The van der Waals surface area contributed by atoms with Crippen LogP contribution in [0.25, 0.3) is 0 Å². The Morgan fingerprint density at radius 1 is 1.06 bits per heavy atom. The molecule has 174 valence electrons. The van der Waals surface area contributed by atoms with Crippen LogP contribution in [0.5, 0.6) is 0 Å². The number of benzene rings is 2. The number of carbonyl (C=O) groups is 3. The zero-order chi connectivity index (χ0) is 24.1. The van der Waals surface area contributed by atoms with E-state index in [0.717, 1.165) is 23.2 Å². The number of aryl methyl sites for hydroxylation is 1. The number of nitrogens with zero attached hydrogens (tertiary/aromatic N) is 1. The maximum atomic E-state index is 12.6. The fourth-order valence-corrected chi connectivity index (χ4v) is 3.83. The minimum absolute atomic E-state index is 0.262. The summed E-state index contributed by atoms with van der Waals surface area (Å²) in [4.78, 5) is 39.2. The van der Waals surface area contributed by atoms with Gasteiger partial charge in [0.05, 0.1) is 18.7 Å². The molecule has 0 aromatic heterocycles. The molecule has 3 N–H and O–H groups in total. The highest BCUT2D eigenvalue weighted by Crippen LogP contribution is 2.32. The van der Waals surface area contributed by atoms with Crippen LogP contribution >= 0.6 is 0 Å². The van der Waals surface area contributed by atoms with Crippen LogP contribution in [0.15, 0.2) is 53.7 Å². The molecule has 0 radical (unpaired) electrons. The standard InChI is InChI=1S/C25H30N4O4/c1-6-14-29-17(4)21(23(30)33-5)22(28-25(29)32)18-10-12-19(13-11-18)26-24(31)27-20-9-7-8-15(2)16(20)3/h7-13,22H,6,14H2,1-5H3,(H,28,32)(H2,26,27,31)/t22-/m1/s1. The van der Waals surface area contributed by atoms with E-state index in [9.17, 15) is 14.4 Å². The number of hydrogen-bond donors (Lipinski definition) is 3. The van der Waals surface area contributed by atoms with Gasteiger partial charge in [0.1, 0.15) is 0 Å². The van der Waals surface area contributed by atoms with E-state index >= 15 is 0 Å². The van der Waals surface area contributed by atoms with Crippen molar-refractivity contribution in [2.45, 2.75) is 40.2 Å². The lowest BCUT2D eigenvalue weighted by Gasteiger charge is -2.35. The Labute approximate surface area is 194 Å². The first-order valence-corrected chi connectivity index (χ1v) is 10.9. The molecule has 2 aromatic rings. The van der Waals surface area contributed by atoms with Crippen molar-refractivity contribution in [1.29, 1.82) is 0 Å². The first kappa shape index (κ1) is 23.8. The molecular formula is C25H30N4O4. The summed E-state index contributed by atoms with van der Waals surface area (Å²) in [6.07, 6.45) is 0.758. The molecule has 0 unspecified atom stereocenters. The van der Waals surface area contributed by atoms with Gasteiger partial charge < -0.3 is 20.7 Å². The molecule has 1 atom stereocenters. The summed E-state index contributed by atoms with van der Waals surface area (Å²) < 4.78 is 4.98. The molecule has 4 amide bonds. The average molecular weight is 451 g/mol. The summed E-state index contributed by atoms with van der Waals surface area (Å²) >= 11 is 0. The number of carbonyl (C=O) groups excluding carboxylic acids is 3. The molecule has 8 heteroatoms. The Kier molecular flexibility index (Phi) is 7.37. The molecule has 2 aromatic carbocycles. The lowest BCUT2D eigenvalue weighted by Crippen LogP contribution is -2.48. The summed E-state index contributed by atoms with van der Waals surface area (Å²) in [6.45, 7) is 8.16. The molecule has 8 nitrogen and oxygen atoms in total. The van der Waals surface area contributed by atoms with Crippen LogP contribution in [0.4, 0.5) is 21.0 Å². The fourth-order valence-electron chi connectivity index (χ4n) is 3.83. The number of allylic oxidation sites excluding steroid dienone is 1. The van der Waals surface area contributed by atoms with Crippen molar-refractivity contribution >= 4 is 29.4 Å². The smallest absolute Gasteiger partial charge is 0.337 e. The van der Waals surface area contributed by atoms with E-state index in [2.05, 4.69) is 16.0 Å². The predicted octanol–water partition coefficient (Wildman–Crippen LogP) is 4.87. The van der Waals surface area contributed by atoms with E-state index in [-0.39, 0.29) is 12.1 Å². The van der Waals surface area contributed by atoms with Crippen LogP contribution in [0.3, 0.4) is 0 Å². The van der Waals surface area contributed by atoms with Crippen LogP contribution < -0.4 is 16.0 Å². The molecule has 0 fully saturated rings. The molecule has 0 aliphatic carbocycles. The number of anilines is 2. The van der Waals surface area contributed by atoms with Gasteiger partial charge >= 0.3 is 18.0 Å². The quantitative estimate of drug-likeness (QED) is 0.547. The van der Waals surface area contributed by atoms with Gasteiger partial charge in [-0.25, -0.2) is 14.4 Å². The molecule has 1 aliphatic heterocycles. The molecule has 0 saturated carbocycles. The Bertz CT molecular complexity index is 1090. The van der Waals surface area contributed by atoms with Gasteiger partial charge in [0.2, 0.25) is 0 Å². The highest BCUT2D eigenvalue weighted by Gasteiger charge is 2.35. The van der Waals surface area contributed by atoms with Gasteiger partial charge in [-0.1, -0.05) is 31.2 Å². The minimum Gasteiger partial charge on any atom is -0.466 e. The van der Waals surface area contributed by atoms with E-state index in [0.29, 0.717) is 29.1 Å². The Hall–Kier alpha value is -3.81. The highest BCUT2D eigenvalue weighted by atomic mass is 16.5. The van der Waals surface area contributed by atoms with Crippen molar-refractivity contribution in [3.63, 3.8) is 0 Å². The predicted molar refractivity (Wildman–Crippen MR) is 128 cm³/mol. The van der Waals surface area contributed by atoms with Crippen molar-refractivity contribution in [3.8, 4) is 0 Å². The molecule has 1 heterocycles. The number of nitrogens with one attached hydrogen (secondary N) is 3. The second kappa shape index (κ2) is 10.2. The lowest BCUT2D eigenvalue weighted by atomic mass is 9.94. The average Bonchev–Trinajstić information content (AvgIpc) is 2.79.